The lowest BCUT2D eigenvalue weighted by molar-refractivity contribution is -0.393. The maximum absolute atomic E-state index is 11.5. The summed E-state index contributed by atoms with van der Waals surface area (Å²) in [7, 11) is 0. The first-order valence-electron chi connectivity index (χ1n) is 5.40. The van der Waals surface area contributed by atoms with Crippen molar-refractivity contribution >= 4 is 22.7 Å². The number of hydrogen-bond acceptors (Lipinski definition) is 7. The third-order valence-corrected chi connectivity index (χ3v) is 2.48. The molecule has 21 heavy (non-hydrogen) atoms. The first kappa shape index (κ1) is 13.9. The van der Waals surface area contributed by atoms with Crippen molar-refractivity contribution in [2.45, 2.75) is 0 Å². The third-order valence-electron chi connectivity index (χ3n) is 2.48. The molecule has 0 spiro atoms. The molecule has 0 radical (unpaired) electrons. The second kappa shape index (κ2) is 5.24. The van der Waals surface area contributed by atoms with Crippen LogP contribution in [0, 0.1) is 20.2 Å². The van der Waals surface area contributed by atoms with Crippen LogP contribution >= 0.6 is 0 Å². The van der Waals surface area contributed by atoms with Crippen LogP contribution in [0.15, 0.2) is 34.0 Å². The Kier molecular flexibility index (Phi) is 3.47. The predicted octanol–water partition coefficient (Wildman–Crippen LogP) is 0.623. The van der Waals surface area contributed by atoms with Gasteiger partial charge in [-0.25, -0.2) is 4.79 Å². The molecule has 0 amide bonds. The molecule has 0 saturated heterocycles. The summed E-state index contributed by atoms with van der Waals surface area (Å²) in [5, 5.41) is 24.0. The smallest absolute Gasteiger partial charge is 0.325 e. The fourth-order valence-electron chi connectivity index (χ4n) is 1.54. The molecule has 11 nitrogen and oxygen atoms in total. The summed E-state index contributed by atoms with van der Waals surface area (Å²) in [5.41, 5.74) is -2.82. The van der Waals surface area contributed by atoms with Gasteiger partial charge in [-0.3, -0.25) is 30.0 Å². The lowest BCUT2D eigenvalue weighted by atomic mass is 10.2. The zero-order chi connectivity index (χ0) is 15.6. The number of benzene rings is 1. The summed E-state index contributed by atoms with van der Waals surface area (Å²) >= 11 is 0. The van der Waals surface area contributed by atoms with Crippen LogP contribution in [0.1, 0.15) is 0 Å². The number of H-pyrrole nitrogens is 2. The molecule has 1 aromatic heterocycles. The van der Waals surface area contributed by atoms with E-state index in [2.05, 4.69) is 10.3 Å². The van der Waals surface area contributed by atoms with Crippen LogP contribution in [0.25, 0.3) is 0 Å². The number of nitro groups is 2. The molecule has 11 heteroatoms. The summed E-state index contributed by atoms with van der Waals surface area (Å²) in [4.78, 5) is 46.4. The normalized spacial score (nSPS) is 10.1. The van der Waals surface area contributed by atoms with Gasteiger partial charge in [-0.05, 0) is 6.07 Å². The van der Waals surface area contributed by atoms with Gasteiger partial charge in [-0.2, -0.15) is 0 Å². The standard InChI is InChI=1S/C10H7N5O6/c16-9-7(4-11-10(17)13-9)12-6-2-1-5(14(18)19)3-8(6)15(20)21/h1-4,12H,(H2,11,13,16,17). The molecule has 0 aliphatic rings. The zero-order valence-corrected chi connectivity index (χ0v) is 10.2. The van der Waals surface area contributed by atoms with E-state index in [0.29, 0.717) is 0 Å². The van der Waals surface area contributed by atoms with E-state index in [1.807, 2.05) is 4.98 Å². The van der Waals surface area contributed by atoms with E-state index in [1.165, 1.54) is 0 Å². The van der Waals surface area contributed by atoms with Crippen molar-refractivity contribution in [1.82, 2.24) is 9.97 Å². The summed E-state index contributed by atoms with van der Waals surface area (Å²) < 4.78 is 0. The first-order chi connectivity index (χ1) is 9.88. The average molecular weight is 293 g/mol. The van der Waals surface area contributed by atoms with Crippen LogP contribution in [-0.2, 0) is 0 Å². The van der Waals surface area contributed by atoms with Gasteiger partial charge < -0.3 is 10.3 Å². The highest BCUT2D eigenvalue weighted by molar-refractivity contribution is 5.70. The van der Waals surface area contributed by atoms with E-state index in [0.717, 1.165) is 24.4 Å². The number of anilines is 2. The highest BCUT2D eigenvalue weighted by Gasteiger charge is 2.20. The minimum absolute atomic E-state index is 0.122. The summed E-state index contributed by atoms with van der Waals surface area (Å²) in [5.74, 6) is 0. The van der Waals surface area contributed by atoms with Crippen LogP contribution in [0.5, 0.6) is 0 Å². The Labute approximate surface area is 114 Å². The molecule has 0 atom stereocenters. The number of nitro benzene ring substituents is 2. The molecule has 108 valence electrons. The van der Waals surface area contributed by atoms with Crippen molar-refractivity contribution in [2.24, 2.45) is 0 Å². The average Bonchev–Trinajstić information content (AvgIpc) is 2.41. The van der Waals surface area contributed by atoms with Crippen molar-refractivity contribution in [1.29, 1.82) is 0 Å². The number of non-ortho nitro benzene ring substituents is 1. The summed E-state index contributed by atoms with van der Waals surface area (Å²) in [6, 6.07) is 2.91. The van der Waals surface area contributed by atoms with E-state index in [4.69, 9.17) is 0 Å². The van der Waals surface area contributed by atoms with Crippen LogP contribution in [0.2, 0.25) is 0 Å². The lowest BCUT2D eigenvalue weighted by Gasteiger charge is -2.05. The van der Waals surface area contributed by atoms with Crippen LogP contribution in [0.4, 0.5) is 22.7 Å². The van der Waals surface area contributed by atoms with Gasteiger partial charge in [0.15, 0.2) is 0 Å². The molecule has 2 rings (SSSR count). The van der Waals surface area contributed by atoms with Crippen LogP contribution in [-0.4, -0.2) is 19.8 Å². The SMILES string of the molecule is O=c1[nH]cc(Nc2ccc([N+](=O)[O-])cc2[N+](=O)[O-])c(=O)[nH]1. The fraction of sp³-hybridized carbons (Fsp3) is 0. The minimum Gasteiger partial charge on any atom is -0.344 e. The quantitative estimate of drug-likeness (QED) is 0.549. The molecule has 0 bridgehead atoms. The molecule has 1 heterocycles. The van der Waals surface area contributed by atoms with Gasteiger partial charge in [0.25, 0.3) is 16.9 Å². The minimum atomic E-state index is -0.824. The highest BCUT2D eigenvalue weighted by Crippen LogP contribution is 2.30. The molecule has 0 fully saturated rings. The molecular formula is C10H7N5O6. The number of rotatable bonds is 4. The Hall–Kier alpha value is -3.50. The third kappa shape index (κ3) is 2.91. The summed E-state index contributed by atoms with van der Waals surface area (Å²) in [6.07, 6.45) is 1.03. The van der Waals surface area contributed by atoms with Gasteiger partial charge in [0.2, 0.25) is 0 Å². The second-order valence-corrected chi connectivity index (χ2v) is 3.83. The van der Waals surface area contributed by atoms with Crippen molar-refractivity contribution in [3.8, 4) is 0 Å². The first-order valence-corrected chi connectivity index (χ1v) is 5.40. The van der Waals surface area contributed by atoms with Crippen molar-refractivity contribution in [3.05, 3.63) is 65.5 Å². The molecule has 0 aliphatic carbocycles. The molecule has 3 N–H and O–H groups in total. The van der Waals surface area contributed by atoms with Crippen molar-refractivity contribution in [3.63, 3.8) is 0 Å². The maximum atomic E-state index is 11.5. The molecule has 0 unspecified atom stereocenters. The summed E-state index contributed by atoms with van der Waals surface area (Å²) in [6.45, 7) is 0. The van der Waals surface area contributed by atoms with Gasteiger partial charge in [0, 0.05) is 12.3 Å². The second-order valence-electron chi connectivity index (χ2n) is 3.83. The Bertz CT molecular complexity index is 838. The van der Waals surface area contributed by atoms with Gasteiger partial charge in [-0.15, -0.1) is 0 Å². The molecule has 2 aromatic rings. The highest BCUT2D eigenvalue weighted by atomic mass is 16.6. The fourth-order valence-corrected chi connectivity index (χ4v) is 1.54. The van der Waals surface area contributed by atoms with E-state index < -0.39 is 32.5 Å². The van der Waals surface area contributed by atoms with E-state index >= 15 is 0 Å². The van der Waals surface area contributed by atoms with Gasteiger partial charge >= 0.3 is 5.69 Å². The number of hydrogen-bond donors (Lipinski definition) is 3. The number of nitrogens with one attached hydrogen (secondary N) is 3. The molecule has 0 saturated carbocycles. The van der Waals surface area contributed by atoms with Crippen LogP contribution < -0.4 is 16.6 Å². The topological polar surface area (TPSA) is 164 Å². The number of aromatic amines is 2. The Morgan fingerprint density at radius 1 is 1.05 bits per heavy atom. The molecule has 0 aliphatic heterocycles. The van der Waals surface area contributed by atoms with E-state index in [-0.39, 0.29) is 11.4 Å². The Morgan fingerprint density at radius 3 is 2.33 bits per heavy atom. The zero-order valence-electron chi connectivity index (χ0n) is 10.2. The Morgan fingerprint density at radius 2 is 1.76 bits per heavy atom. The van der Waals surface area contributed by atoms with E-state index in [9.17, 15) is 29.8 Å². The van der Waals surface area contributed by atoms with Crippen LogP contribution in [0.3, 0.4) is 0 Å². The molecule has 1 aromatic carbocycles. The van der Waals surface area contributed by atoms with E-state index in [1.54, 1.807) is 0 Å². The van der Waals surface area contributed by atoms with Crippen molar-refractivity contribution in [2.75, 3.05) is 5.32 Å². The lowest BCUT2D eigenvalue weighted by Crippen LogP contribution is -2.23. The van der Waals surface area contributed by atoms with Gasteiger partial charge in [0.1, 0.15) is 11.4 Å². The maximum Gasteiger partial charge on any atom is 0.325 e. The van der Waals surface area contributed by atoms with Gasteiger partial charge in [-0.1, -0.05) is 0 Å². The monoisotopic (exact) mass is 293 g/mol. The largest absolute Gasteiger partial charge is 0.344 e. The van der Waals surface area contributed by atoms with Gasteiger partial charge in [0.05, 0.1) is 15.9 Å². The van der Waals surface area contributed by atoms with Crippen molar-refractivity contribution < 1.29 is 9.85 Å². The number of nitrogens with zero attached hydrogens (tertiary/aromatic N) is 2. The molecular weight excluding hydrogens is 286 g/mol. The Balaban J connectivity index is 2.48. The predicted molar refractivity (Wildman–Crippen MR) is 70.7 cm³/mol. The number of aromatic nitrogens is 2.